The van der Waals surface area contributed by atoms with Crippen molar-refractivity contribution in [3.63, 3.8) is 0 Å². The number of imidazole rings is 4. The summed E-state index contributed by atoms with van der Waals surface area (Å²) in [7, 11) is 0. The number of benzene rings is 4. The number of fused-ring (bicyclic) bond motifs is 13. The van der Waals surface area contributed by atoms with Crippen LogP contribution in [-0.4, -0.2) is 23.2 Å². The third-order valence-electron chi connectivity index (χ3n) is 7.98. The zero-order valence-electron chi connectivity index (χ0n) is 18.7. The van der Waals surface area contributed by atoms with Crippen LogP contribution < -0.4 is 0 Å². The van der Waals surface area contributed by atoms with E-state index >= 15 is 0 Å². The Bertz CT molecular complexity index is 2150. The van der Waals surface area contributed by atoms with Crippen LogP contribution in [0.15, 0.2) is 78.9 Å². The van der Waals surface area contributed by atoms with Crippen LogP contribution in [0.3, 0.4) is 0 Å². The summed E-state index contributed by atoms with van der Waals surface area (Å²) in [4.78, 5) is 10.2. The third-order valence-corrected chi connectivity index (χ3v) is 7.98. The van der Waals surface area contributed by atoms with Crippen molar-refractivity contribution >= 4 is 50.2 Å². The molecule has 8 aromatic rings. The first kappa shape index (κ1) is 17.1. The Kier molecular flexibility index (Phi) is 2.64. The first-order valence-corrected chi connectivity index (χ1v) is 11.7. The zero-order valence-corrected chi connectivity index (χ0v) is 18.7. The second-order valence-electron chi connectivity index (χ2n) is 10.0. The average Bonchev–Trinajstić information content (AvgIpc) is 3.60. The fourth-order valence-electron chi connectivity index (χ4n) is 6.45. The van der Waals surface area contributed by atoms with Gasteiger partial charge in [-0.3, -0.25) is 8.80 Å². The van der Waals surface area contributed by atoms with Crippen molar-refractivity contribution < 1.29 is 0 Å². The number of aromatic nitrogens is 5. The van der Waals surface area contributed by atoms with Crippen molar-refractivity contribution in [1.82, 2.24) is 23.2 Å². The van der Waals surface area contributed by atoms with E-state index < -0.39 is 0 Å². The largest absolute Gasteiger partial charge is 0.276 e. The van der Waals surface area contributed by atoms with Crippen LogP contribution in [0.4, 0.5) is 0 Å². The van der Waals surface area contributed by atoms with E-state index in [-0.39, 0.29) is 5.41 Å². The third kappa shape index (κ3) is 1.69. The maximum Gasteiger partial charge on any atom is 0.223 e. The van der Waals surface area contributed by atoms with Crippen LogP contribution in [0.1, 0.15) is 25.0 Å². The molecule has 5 heteroatoms. The number of para-hydroxylation sites is 3. The van der Waals surface area contributed by atoms with Crippen LogP contribution in [0.2, 0.25) is 0 Å². The lowest BCUT2D eigenvalue weighted by atomic mass is 9.82. The molecule has 0 aliphatic heterocycles. The topological polar surface area (TPSA) is 39.0 Å². The van der Waals surface area contributed by atoms with Gasteiger partial charge in [-0.1, -0.05) is 56.3 Å². The highest BCUT2D eigenvalue weighted by atomic mass is 15.3. The highest BCUT2D eigenvalue weighted by Gasteiger charge is 2.36. The summed E-state index contributed by atoms with van der Waals surface area (Å²) < 4.78 is 6.80. The summed E-state index contributed by atoms with van der Waals surface area (Å²) in [5.74, 6) is 1.83. The van der Waals surface area contributed by atoms with Crippen molar-refractivity contribution in [3.8, 4) is 11.1 Å². The minimum Gasteiger partial charge on any atom is -0.276 e. The molecule has 0 fully saturated rings. The standard InChI is InChI=1S/C29H19N5/c1-29(2)18-9-4-3-8-16(18)17-14-25-21(15-19(17)29)31-28-33(25)24-13-7-12-23-26(24)34(28)27-30-20-10-5-6-11-22(20)32(23)27/h3-15H,1-2H3. The maximum absolute atomic E-state index is 5.20. The fraction of sp³-hybridized carbons (Fsp3) is 0.103. The average molecular weight is 438 g/mol. The molecule has 5 nitrogen and oxygen atoms in total. The molecular weight excluding hydrogens is 418 g/mol. The Balaban J connectivity index is 1.51. The highest BCUT2D eigenvalue weighted by molar-refractivity contribution is 6.04. The number of rotatable bonds is 0. The summed E-state index contributed by atoms with van der Waals surface area (Å²) in [6.45, 7) is 4.63. The molecule has 4 aromatic carbocycles. The molecule has 34 heavy (non-hydrogen) atoms. The zero-order chi connectivity index (χ0) is 22.3. The quantitative estimate of drug-likeness (QED) is 0.274. The van der Waals surface area contributed by atoms with Crippen LogP contribution in [0.25, 0.3) is 61.3 Å². The molecule has 0 saturated carbocycles. The lowest BCUT2D eigenvalue weighted by Crippen LogP contribution is -2.14. The summed E-state index contributed by atoms with van der Waals surface area (Å²) in [5.41, 5.74) is 13.1. The van der Waals surface area contributed by atoms with Gasteiger partial charge in [0.15, 0.2) is 0 Å². The highest BCUT2D eigenvalue weighted by Crippen LogP contribution is 2.50. The molecule has 0 unspecified atom stereocenters. The van der Waals surface area contributed by atoms with E-state index in [0.717, 1.165) is 44.7 Å². The molecule has 0 spiro atoms. The molecule has 0 atom stereocenters. The first-order chi connectivity index (χ1) is 16.6. The smallest absolute Gasteiger partial charge is 0.223 e. The van der Waals surface area contributed by atoms with E-state index in [0.29, 0.717) is 0 Å². The second kappa shape index (κ2) is 5.23. The minimum atomic E-state index is -0.0408. The van der Waals surface area contributed by atoms with Crippen molar-refractivity contribution in [3.05, 3.63) is 90.0 Å². The van der Waals surface area contributed by atoms with E-state index in [2.05, 4.69) is 99.8 Å². The Labute approximate surface area is 193 Å². The van der Waals surface area contributed by atoms with Gasteiger partial charge in [-0.05, 0) is 58.7 Å². The Hall–Kier alpha value is -4.38. The number of hydrogen-bond acceptors (Lipinski definition) is 2. The SMILES string of the molecule is CC1(C)c2ccccc2-c2cc3c(cc21)nc1n3c2cccc3c2n1c1nc2ccccc2n31. The van der Waals surface area contributed by atoms with Crippen molar-refractivity contribution in [2.24, 2.45) is 0 Å². The maximum atomic E-state index is 5.20. The molecule has 0 radical (unpaired) electrons. The van der Waals surface area contributed by atoms with E-state index in [1.165, 1.54) is 27.8 Å². The van der Waals surface area contributed by atoms with Gasteiger partial charge in [0.05, 0.1) is 33.1 Å². The van der Waals surface area contributed by atoms with Gasteiger partial charge in [-0.25, -0.2) is 14.4 Å². The normalized spacial score (nSPS) is 15.0. The Morgan fingerprint density at radius 2 is 1.24 bits per heavy atom. The van der Waals surface area contributed by atoms with Crippen LogP contribution in [0.5, 0.6) is 0 Å². The van der Waals surface area contributed by atoms with Gasteiger partial charge in [-0.15, -0.1) is 0 Å². The second-order valence-corrected chi connectivity index (χ2v) is 10.0. The van der Waals surface area contributed by atoms with Crippen LogP contribution in [-0.2, 0) is 5.41 Å². The summed E-state index contributed by atoms with van der Waals surface area (Å²) >= 11 is 0. The molecule has 0 N–H and O–H groups in total. The van der Waals surface area contributed by atoms with Crippen molar-refractivity contribution in [2.75, 3.05) is 0 Å². The molecule has 0 amide bonds. The molecule has 4 aromatic heterocycles. The van der Waals surface area contributed by atoms with E-state index in [9.17, 15) is 0 Å². The van der Waals surface area contributed by atoms with Crippen molar-refractivity contribution in [2.45, 2.75) is 19.3 Å². The van der Waals surface area contributed by atoms with Crippen LogP contribution in [0, 0.1) is 0 Å². The molecule has 0 bridgehead atoms. The van der Waals surface area contributed by atoms with Gasteiger partial charge in [0.25, 0.3) is 0 Å². The molecule has 4 heterocycles. The Morgan fingerprint density at radius 3 is 2.09 bits per heavy atom. The predicted molar refractivity (Wildman–Crippen MR) is 136 cm³/mol. The van der Waals surface area contributed by atoms with E-state index in [1.54, 1.807) is 0 Å². The number of nitrogens with zero attached hydrogens (tertiary/aromatic N) is 5. The van der Waals surface area contributed by atoms with Crippen LogP contribution >= 0.6 is 0 Å². The van der Waals surface area contributed by atoms with Gasteiger partial charge in [0.2, 0.25) is 11.6 Å². The van der Waals surface area contributed by atoms with E-state index in [4.69, 9.17) is 9.97 Å². The molecular formula is C29H19N5. The summed E-state index contributed by atoms with van der Waals surface area (Å²) in [6, 6.07) is 28.3. The molecule has 1 aliphatic carbocycles. The molecule has 9 rings (SSSR count). The molecule has 1 aliphatic rings. The Morgan fingerprint density at radius 1 is 0.559 bits per heavy atom. The van der Waals surface area contributed by atoms with Gasteiger partial charge >= 0.3 is 0 Å². The summed E-state index contributed by atoms with van der Waals surface area (Å²) in [6.07, 6.45) is 0. The molecule has 0 saturated heterocycles. The lowest BCUT2D eigenvalue weighted by molar-refractivity contribution is 0.661. The monoisotopic (exact) mass is 437 g/mol. The first-order valence-electron chi connectivity index (χ1n) is 11.7. The lowest BCUT2D eigenvalue weighted by Gasteiger charge is -2.21. The fourth-order valence-corrected chi connectivity index (χ4v) is 6.45. The summed E-state index contributed by atoms with van der Waals surface area (Å²) in [5, 5.41) is 0. The van der Waals surface area contributed by atoms with Crippen molar-refractivity contribution in [1.29, 1.82) is 0 Å². The minimum absolute atomic E-state index is 0.0408. The van der Waals surface area contributed by atoms with Gasteiger partial charge < -0.3 is 0 Å². The van der Waals surface area contributed by atoms with Gasteiger partial charge in [-0.2, -0.15) is 0 Å². The molecule has 160 valence electrons. The van der Waals surface area contributed by atoms with Gasteiger partial charge in [0, 0.05) is 5.41 Å². The number of hydrogen-bond donors (Lipinski definition) is 0. The predicted octanol–water partition coefficient (Wildman–Crippen LogP) is 6.44. The van der Waals surface area contributed by atoms with E-state index in [1.807, 2.05) is 6.07 Å². The van der Waals surface area contributed by atoms with Gasteiger partial charge in [0.1, 0.15) is 5.52 Å².